The summed E-state index contributed by atoms with van der Waals surface area (Å²) in [6.07, 6.45) is 2.13. The van der Waals surface area contributed by atoms with Crippen LogP contribution in [-0.4, -0.2) is 11.3 Å². The molecule has 98 valence electrons. The Morgan fingerprint density at radius 1 is 1.10 bits per heavy atom. The van der Waals surface area contributed by atoms with Crippen LogP contribution in [0.25, 0.3) is 10.9 Å². The van der Waals surface area contributed by atoms with Crippen LogP contribution in [-0.2, 0) is 0 Å². The van der Waals surface area contributed by atoms with E-state index >= 15 is 0 Å². The molecule has 2 aromatic carbocycles. The molecule has 0 aliphatic heterocycles. The number of rotatable bonds is 3. The summed E-state index contributed by atoms with van der Waals surface area (Å²) in [5.74, 6) is 0.0941. The van der Waals surface area contributed by atoms with E-state index in [0.717, 1.165) is 10.9 Å². The minimum atomic E-state index is -0.601. The Morgan fingerprint density at radius 2 is 2.00 bits per heavy atom. The predicted molar refractivity (Wildman–Crippen MR) is 73.6 cm³/mol. The summed E-state index contributed by atoms with van der Waals surface area (Å²) in [6.45, 7) is 0. The lowest BCUT2D eigenvalue weighted by Crippen LogP contribution is -1.94. The van der Waals surface area contributed by atoms with Crippen molar-refractivity contribution >= 4 is 17.2 Å². The molecular formula is C16H10FNO2. The molecule has 0 aliphatic rings. The van der Waals surface area contributed by atoms with E-state index in [1.54, 1.807) is 24.4 Å². The molecule has 0 amide bonds. The van der Waals surface area contributed by atoms with Gasteiger partial charge in [-0.05, 0) is 30.3 Å². The quantitative estimate of drug-likeness (QED) is 0.674. The highest BCUT2D eigenvalue weighted by molar-refractivity contribution is 5.81. The summed E-state index contributed by atoms with van der Waals surface area (Å²) in [5.41, 5.74) is 0.683. The summed E-state index contributed by atoms with van der Waals surface area (Å²) in [4.78, 5) is 15.1. The maximum atomic E-state index is 13.5. The van der Waals surface area contributed by atoms with E-state index in [9.17, 15) is 9.18 Å². The van der Waals surface area contributed by atoms with Crippen molar-refractivity contribution in [3.63, 3.8) is 0 Å². The lowest BCUT2D eigenvalue weighted by Gasteiger charge is -2.09. The topological polar surface area (TPSA) is 39.2 Å². The monoisotopic (exact) mass is 267 g/mol. The van der Waals surface area contributed by atoms with Gasteiger partial charge in [-0.1, -0.05) is 12.1 Å². The molecule has 1 aromatic heterocycles. The summed E-state index contributed by atoms with van der Waals surface area (Å²) < 4.78 is 19.1. The molecule has 0 saturated carbocycles. The fourth-order valence-corrected chi connectivity index (χ4v) is 1.96. The van der Waals surface area contributed by atoms with Crippen molar-refractivity contribution in [1.82, 2.24) is 4.98 Å². The lowest BCUT2D eigenvalue weighted by molar-refractivity contribution is 0.111. The van der Waals surface area contributed by atoms with Crippen LogP contribution in [0.2, 0.25) is 0 Å². The smallest absolute Gasteiger partial charge is 0.156 e. The zero-order valence-corrected chi connectivity index (χ0v) is 10.4. The highest BCUT2D eigenvalue weighted by Gasteiger charge is 2.09. The average Bonchev–Trinajstić information content (AvgIpc) is 2.47. The normalized spacial score (nSPS) is 10.4. The second kappa shape index (κ2) is 5.09. The molecule has 3 aromatic rings. The van der Waals surface area contributed by atoms with Crippen LogP contribution in [0.1, 0.15) is 10.4 Å². The van der Waals surface area contributed by atoms with Crippen LogP contribution in [0, 0.1) is 5.82 Å². The molecule has 1 heterocycles. The number of aldehydes is 1. The van der Waals surface area contributed by atoms with Gasteiger partial charge in [-0.25, -0.2) is 4.39 Å². The van der Waals surface area contributed by atoms with Crippen LogP contribution in [0.15, 0.2) is 54.7 Å². The second-order valence-corrected chi connectivity index (χ2v) is 4.23. The van der Waals surface area contributed by atoms with Gasteiger partial charge in [-0.15, -0.1) is 0 Å². The van der Waals surface area contributed by atoms with Gasteiger partial charge in [-0.2, -0.15) is 0 Å². The molecule has 0 unspecified atom stereocenters. The van der Waals surface area contributed by atoms with Crippen LogP contribution in [0.4, 0.5) is 4.39 Å². The van der Waals surface area contributed by atoms with Gasteiger partial charge >= 0.3 is 0 Å². The SMILES string of the molecule is O=Cc1c(F)cccc1Oc1ccc2cccnc2c1. The van der Waals surface area contributed by atoms with Gasteiger partial charge in [0, 0.05) is 17.6 Å². The van der Waals surface area contributed by atoms with Crippen molar-refractivity contribution in [2.24, 2.45) is 0 Å². The fourth-order valence-electron chi connectivity index (χ4n) is 1.96. The molecule has 0 radical (unpaired) electrons. The molecule has 0 spiro atoms. The minimum absolute atomic E-state index is 0.0892. The number of carbonyl (C=O) groups excluding carboxylic acids is 1. The van der Waals surface area contributed by atoms with E-state index in [4.69, 9.17) is 4.74 Å². The first-order valence-corrected chi connectivity index (χ1v) is 6.04. The average molecular weight is 267 g/mol. The molecule has 3 rings (SSSR count). The molecule has 0 saturated heterocycles. The summed E-state index contributed by atoms with van der Waals surface area (Å²) in [7, 11) is 0. The third-order valence-electron chi connectivity index (χ3n) is 2.94. The molecule has 0 fully saturated rings. The van der Waals surface area contributed by atoms with E-state index in [-0.39, 0.29) is 11.3 Å². The summed E-state index contributed by atoms with van der Waals surface area (Å²) in [5, 5.41) is 0.981. The van der Waals surface area contributed by atoms with Gasteiger partial charge in [0.05, 0.1) is 11.1 Å². The van der Waals surface area contributed by atoms with Crippen molar-refractivity contribution in [1.29, 1.82) is 0 Å². The molecular weight excluding hydrogens is 257 g/mol. The Kier molecular flexibility index (Phi) is 3.13. The third-order valence-corrected chi connectivity index (χ3v) is 2.94. The number of carbonyl (C=O) groups is 1. The van der Waals surface area contributed by atoms with Crippen molar-refractivity contribution in [3.05, 3.63) is 66.1 Å². The Morgan fingerprint density at radius 3 is 2.85 bits per heavy atom. The molecule has 0 bridgehead atoms. The molecule has 0 aliphatic carbocycles. The molecule has 4 heteroatoms. The standard InChI is InChI=1S/C16H10FNO2/c17-14-4-1-5-16(13(14)10-19)20-12-7-6-11-3-2-8-18-15(11)9-12/h1-10H. The Labute approximate surface area is 114 Å². The number of halogens is 1. The first-order valence-electron chi connectivity index (χ1n) is 6.04. The Balaban J connectivity index is 2.01. The van der Waals surface area contributed by atoms with E-state index in [0.29, 0.717) is 12.0 Å². The van der Waals surface area contributed by atoms with Crippen LogP contribution in [0.5, 0.6) is 11.5 Å². The maximum Gasteiger partial charge on any atom is 0.156 e. The fraction of sp³-hybridized carbons (Fsp3) is 0. The Bertz CT molecular complexity index is 786. The van der Waals surface area contributed by atoms with E-state index in [1.807, 2.05) is 18.2 Å². The van der Waals surface area contributed by atoms with Crippen molar-refractivity contribution in [2.45, 2.75) is 0 Å². The van der Waals surface area contributed by atoms with Gasteiger partial charge in [0.2, 0.25) is 0 Å². The Hall–Kier alpha value is -2.75. The molecule has 0 atom stereocenters. The van der Waals surface area contributed by atoms with Crippen molar-refractivity contribution in [2.75, 3.05) is 0 Å². The maximum absolute atomic E-state index is 13.5. The lowest BCUT2D eigenvalue weighted by atomic mass is 10.2. The third kappa shape index (κ3) is 2.23. The number of pyridine rings is 1. The molecule has 0 N–H and O–H groups in total. The number of aromatic nitrogens is 1. The van der Waals surface area contributed by atoms with Crippen molar-refractivity contribution in [3.8, 4) is 11.5 Å². The van der Waals surface area contributed by atoms with Crippen LogP contribution in [0.3, 0.4) is 0 Å². The zero-order valence-electron chi connectivity index (χ0n) is 10.4. The van der Waals surface area contributed by atoms with Gasteiger partial charge < -0.3 is 4.74 Å². The van der Waals surface area contributed by atoms with Gasteiger partial charge in [0.1, 0.15) is 17.3 Å². The molecule has 20 heavy (non-hydrogen) atoms. The predicted octanol–water partition coefficient (Wildman–Crippen LogP) is 3.98. The van der Waals surface area contributed by atoms with Gasteiger partial charge in [0.25, 0.3) is 0 Å². The van der Waals surface area contributed by atoms with Crippen LogP contribution >= 0.6 is 0 Å². The minimum Gasteiger partial charge on any atom is -0.456 e. The zero-order chi connectivity index (χ0) is 13.9. The number of ether oxygens (including phenoxy) is 1. The first-order chi connectivity index (χ1) is 9.78. The van der Waals surface area contributed by atoms with Gasteiger partial charge in [-0.3, -0.25) is 9.78 Å². The van der Waals surface area contributed by atoms with E-state index in [2.05, 4.69) is 4.98 Å². The van der Waals surface area contributed by atoms with E-state index < -0.39 is 5.82 Å². The van der Waals surface area contributed by atoms with Crippen molar-refractivity contribution < 1.29 is 13.9 Å². The number of benzene rings is 2. The van der Waals surface area contributed by atoms with Crippen LogP contribution < -0.4 is 4.74 Å². The van der Waals surface area contributed by atoms with Gasteiger partial charge in [0.15, 0.2) is 6.29 Å². The highest BCUT2D eigenvalue weighted by atomic mass is 19.1. The highest BCUT2D eigenvalue weighted by Crippen LogP contribution is 2.27. The number of fused-ring (bicyclic) bond motifs is 1. The largest absolute Gasteiger partial charge is 0.456 e. The number of hydrogen-bond donors (Lipinski definition) is 0. The summed E-state index contributed by atoms with van der Waals surface area (Å²) in [6, 6.07) is 13.4. The first kappa shape index (κ1) is 12.3. The number of hydrogen-bond acceptors (Lipinski definition) is 3. The molecule has 3 nitrogen and oxygen atoms in total. The van der Waals surface area contributed by atoms with E-state index in [1.165, 1.54) is 12.1 Å². The number of nitrogens with zero attached hydrogens (tertiary/aromatic N) is 1. The second-order valence-electron chi connectivity index (χ2n) is 4.23. The summed E-state index contributed by atoms with van der Waals surface area (Å²) >= 11 is 0.